The predicted molar refractivity (Wildman–Crippen MR) is 71.9 cm³/mol. The Morgan fingerprint density at radius 2 is 1.74 bits per heavy atom. The summed E-state index contributed by atoms with van der Waals surface area (Å²) < 4.78 is 0. The number of hydrogen-bond donors (Lipinski definition) is 3. The molecule has 2 aromatic rings. The molecule has 0 fully saturated rings. The Morgan fingerprint density at radius 3 is 2.32 bits per heavy atom. The molecule has 2 rings (SSSR count). The van der Waals surface area contributed by atoms with Crippen LogP contribution in [0, 0.1) is 6.92 Å². The third-order valence-electron chi connectivity index (χ3n) is 2.26. The fourth-order valence-corrected chi connectivity index (χ4v) is 1.37. The van der Waals surface area contributed by atoms with Crippen molar-refractivity contribution < 1.29 is 9.59 Å². The van der Waals surface area contributed by atoms with E-state index in [9.17, 15) is 9.59 Å². The van der Waals surface area contributed by atoms with E-state index in [1.807, 2.05) is 6.07 Å². The summed E-state index contributed by atoms with van der Waals surface area (Å²) >= 11 is 0. The highest BCUT2D eigenvalue weighted by Gasteiger charge is 2.10. The van der Waals surface area contributed by atoms with Crippen molar-refractivity contribution in [1.82, 2.24) is 21.0 Å². The Balaban J connectivity index is 0.00000180. The first-order chi connectivity index (χ1) is 8.66. The van der Waals surface area contributed by atoms with Gasteiger partial charge in [0.1, 0.15) is 0 Å². The van der Waals surface area contributed by atoms with Crippen LogP contribution in [0.5, 0.6) is 0 Å². The van der Waals surface area contributed by atoms with Gasteiger partial charge in [-0.2, -0.15) is 5.10 Å². The number of benzene rings is 1. The number of nitrogens with one attached hydrogen (secondary N) is 3. The molecule has 3 N–H and O–H groups in total. The van der Waals surface area contributed by atoms with E-state index in [2.05, 4.69) is 21.0 Å². The van der Waals surface area contributed by atoms with Gasteiger partial charge >= 0.3 is 0 Å². The molecular weight excluding hydrogens is 268 g/mol. The number of aryl methyl sites for hydroxylation is 1. The molecule has 0 unspecified atom stereocenters. The van der Waals surface area contributed by atoms with Gasteiger partial charge in [-0.25, -0.2) is 0 Å². The smallest absolute Gasteiger partial charge is 0.282 e. The lowest BCUT2D eigenvalue weighted by Crippen LogP contribution is -2.41. The second kappa shape index (κ2) is 6.55. The number of nitrogens with zero attached hydrogens (tertiary/aromatic N) is 1. The molecule has 0 spiro atoms. The third-order valence-corrected chi connectivity index (χ3v) is 2.26. The number of halogens is 1. The second-order valence-corrected chi connectivity index (χ2v) is 3.71. The van der Waals surface area contributed by atoms with Crippen LogP contribution in [0.3, 0.4) is 0 Å². The van der Waals surface area contributed by atoms with Crippen molar-refractivity contribution in [1.29, 1.82) is 0 Å². The van der Waals surface area contributed by atoms with E-state index in [0.29, 0.717) is 5.56 Å². The lowest BCUT2D eigenvalue weighted by atomic mass is 10.2. The van der Waals surface area contributed by atoms with Crippen LogP contribution < -0.4 is 10.9 Å². The second-order valence-electron chi connectivity index (χ2n) is 3.71. The summed E-state index contributed by atoms with van der Waals surface area (Å²) in [6, 6.07) is 10.2. The number of carbonyl (C=O) groups is 2. The standard InChI is InChI=1S/C12H12N4O2.ClH/c1-8-7-10(14-13-8)12(18)16-15-11(17)9-5-3-2-4-6-9;/h2-7H,1H3,(H,13,14)(H,15,17)(H,16,18);1H. The molecule has 0 aliphatic carbocycles. The maximum Gasteiger partial charge on any atom is 0.290 e. The normalized spacial score (nSPS) is 9.32. The van der Waals surface area contributed by atoms with Gasteiger partial charge in [0.05, 0.1) is 0 Å². The summed E-state index contributed by atoms with van der Waals surface area (Å²) in [5.41, 5.74) is 6.07. The molecule has 0 saturated carbocycles. The predicted octanol–water partition coefficient (Wildman–Crippen LogP) is 1.21. The zero-order valence-electron chi connectivity index (χ0n) is 10.1. The molecule has 1 aromatic carbocycles. The first-order valence-electron chi connectivity index (χ1n) is 5.34. The van der Waals surface area contributed by atoms with E-state index in [-0.39, 0.29) is 24.0 Å². The van der Waals surface area contributed by atoms with Crippen LogP contribution in [0.1, 0.15) is 26.5 Å². The number of hydrazine groups is 1. The summed E-state index contributed by atoms with van der Waals surface area (Å²) in [6.07, 6.45) is 0. The van der Waals surface area contributed by atoms with E-state index in [4.69, 9.17) is 0 Å². The van der Waals surface area contributed by atoms with Crippen LogP contribution in [-0.4, -0.2) is 22.0 Å². The molecule has 0 bridgehead atoms. The molecule has 1 aromatic heterocycles. The van der Waals surface area contributed by atoms with E-state index in [1.54, 1.807) is 37.3 Å². The maximum atomic E-state index is 11.6. The highest BCUT2D eigenvalue weighted by molar-refractivity contribution is 5.98. The van der Waals surface area contributed by atoms with Crippen LogP contribution in [-0.2, 0) is 0 Å². The Hall–Kier alpha value is -2.34. The van der Waals surface area contributed by atoms with Crippen LogP contribution in [0.25, 0.3) is 0 Å². The van der Waals surface area contributed by atoms with E-state index >= 15 is 0 Å². The molecule has 0 atom stereocenters. The first-order valence-corrected chi connectivity index (χ1v) is 5.34. The van der Waals surface area contributed by atoms with E-state index in [0.717, 1.165) is 5.69 Å². The largest absolute Gasteiger partial charge is 0.290 e. The lowest BCUT2D eigenvalue weighted by Gasteiger charge is -2.05. The van der Waals surface area contributed by atoms with Crippen LogP contribution in [0.4, 0.5) is 0 Å². The molecule has 2 amide bonds. The number of aromatic amines is 1. The molecule has 19 heavy (non-hydrogen) atoms. The van der Waals surface area contributed by atoms with Crippen molar-refractivity contribution in [2.45, 2.75) is 6.92 Å². The summed E-state index contributed by atoms with van der Waals surface area (Å²) in [5.74, 6) is -0.847. The van der Waals surface area contributed by atoms with Gasteiger partial charge in [-0.15, -0.1) is 12.4 Å². The number of carbonyl (C=O) groups excluding carboxylic acids is 2. The molecule has 6 nitrogen and oxygen atoms in total. The Morgan fingerprint density at radius 1 is 1.11 bits per heavy atom. The number of rotatable bonds is 2. The Kier molecular flexibility index (Phi) is 5.08. The molecule has 0 aliphatic heterocycles. The third kappa shape index (κ3) is 3.82. The van der Waals surface area contributed by atoms with Crippen molar-refractivity contribution in [3.8, 4) is 0 Å². The minimum absolute atomic E-state index is 0. The van der Waals surface area contributed by atoms with Gasteiger partial charge in [0.15, 0.2) is 5.69 Å². The monoisotopic (exact) mass is 280 g/mol. The number of aromatic nitrogens is 2. The zero-order valence-corrected chi connectivity index (χ0v) is 11.0. The Labute approximate surface area is 116 Å². The summed E-state index contributed by atoms with van der Waals surface area (Å²) in [4.78, 5) is 23.2. The zero-order chi connectivity index (χ0) is 13.0. The van der Waals surface area contributed by atoms with Crippen LogP contribution in [0.15, 0.2) is 36.4 Å². The number of hydrogen-bond acceptors (Lipinski definition) is 3. The molecule has 1 heterocycles. The molecule has 0 radical (unpaired) electrons. The minimum Gasteiger partial charge on any atom is -0.282 e. The highest BCUT2D eigenvalue weighted by Crippen LogP contribution is 1.98. The van der Waals surface area contributed by atoms with Gasteiger partial charge < -0.3 is 0 Å². The molecular formula is C12H13ClN4O2. The van der Waals surface area contributed by atoms with E-state index < -0.39 is 5.91 Å². The van der Waals surface area contributed by atoms with Gasteiger partial charge in [0.25, 0.3) is 11.8 Å². The van der Waals surface area contributed by atoms with Crippen molar-refractivity contribution in [2.75, 3.05) is 0 Å². The highest BCUT2D eigenvalue weighted by atomic mass is 35.5. The average molecular weight is 281 g/mol. The van der Waals surface area contributed by atoms with Crippen molar-refractivity contribution in [2.24, 2.45) is 0 Å². The number of amides is 2. The Bertz CT molecular complexity index is 568. The summed E-state index contributed by atoms with van der Waals surface area (Å²) in [5, 5.41) is 6.42. The van der Waals surface area contributed by atoms with Gasteiger partial charge in [0.2, 0.25) is 0 Å². The van der Waals surface area contributed by atoms with Gasteiger partial charge in [-0.1, -0.05) is 18.2 Å². The molecule has 100 valence electrons. The van der Waals surface area contributed by atoms with Crippen molar-refractivity contribution in [3.63, 3.8) is 0 Å². The van der Waals surface area contributed by atoms with Crippen LogP contribution in [0.2, 0.25) is 0 Å². The molecule has 7 heteroatoms. The van der Waals surface area contributed by atoms with Gasteiger partial charge in [-0.05, 0) is 25.1 Å². The van der Waals surface area contributed by atoms with Crippen molar-refractivity contribution >= 4 is 24.2 Å². The first kappa shape index (κ1) is 14.7. The van der Waals surface area contributed by atoms with Crippen molar-refractivity contribution in [3.05, 3.63) is 53.3 Å². The van der Waals surface area contributed by atoms with Crippen LogP contribution >= 0.6 is 12.4 Å². The quantitative estimate of drug-likeness (QED) is 0.723. The van der Waals surface area contributed by atoms with Gasteiger partial charge in [-0.3, -0.25) is 25.5 Å². The topological polar surface area (TPSA) is 86.9 Å². The fraction of sp³-hybridized carbons (Fsp3) is 0.0833. The molecule has 0 aliphatic rings. The summed E-state index contributed by atoms with van der Waals surface area (Å²) in [6.45, 7) is 1.78. The van der Waals surface area contributed by atoms with E-state index in [1.165, 1.54) is 0 Å². The maximum absolute atomic E-state index is 11.6. The average Bonchev–Trinajstić information content (AvgIpc) is 2.83. The lowest BCUT2D eigenvalue weighted by molar-refractivity contribution is 0.0844. The minimum atomic E-state index is -0.469. The van der Waals surface area contributed by atoms with Gasteiger partial charge in [0, 0.05) is 11.3 Å². The summed E-state index contributed by atoms with van der Waals surface area (Å²) in [7, 11) is 0. The SMILES string of the molecule is Cc1cc(C(=O)NNC(=O)c2ccccc2)n[nH]1.Cl. The fourth-order valence-electron chi connectivity index (χ4n) is 1.37. The molecule has 0 saturated heterocycles. The number of H-pyrrole nitrogens is 1.